The molecular weight excluding hydrogens is 347 g/mol. The summed E-state index contributed by atoms with van der Waals surface area (Å²) in [6.45, 7) is 4.25. The Balaban J connectivity index is 0.00000196. The summed E-state index contributed by atoms with van der Waals surface area (Å²) >= 11 is 0. The van der Waals surface area contributed by atoms with Gasteiger partial charge in [0.25, 0.3) is 0 Å². The minimum atomic E-state index is -0.131. The van der Waals surface area contributed by atoms with Gasteiger partial charge in [0, 0.05) is 18.5 Å². The summed E-state index contributed by atoms with van der Waals surface area (Å²) in [6.07, 6.45) is 3.76. The van der Waals surface area contributed by atoms with E-state index in [1.165, 1.54) is 30.9 Å². The topological polar surface area (TPSA) is 15.3 Å². The molecule has 1 aliphatic carbocycles. The lowest BCUT2D eigenvalue weighted by molar-refractivity contribution is 0.175. The van der Waals surface area contributed by atoms with Crippen LogP contribution in [0.3, 0.4) is 0 Å². The molecular formula is C22H28ClFN2. The lowest BCUT2D eigenvalue weighted by Gasteiger charge is -2.32. The maximum atomic E-state index is 13.3. The maximum Gasteiger partial charge on any atom is 0.123 e. The Morgan fingerprint density at radius 2 is 1.77 bits per heavy atom. The standard InChI is InChI=1S/C22H27FN2.ClH/c23-20-8-4-5-18(13-20)16-25-11-9-17(10-12-25)15-24-22-14-21(22)19-6-2-1-3-7-19;/h1-8,13,17,21-22,24H,9-12,14-16H2;1H. The van der Waals surface area contributed by atoms with Gasteiger partial charge in [-0.05, 0) is 68.1 Å². The molecule has 1 N–H and O–H groups in total. The second kappa shape index (κ2) is 8.98. The van der Waals surface area contributed by atoms with Gasteiger partial charge >= 0.3 is 0 Å². The molecule has 2 aromatic carbocycles. The fraction of sp³-hybridized carbons (Fsp3) is 0.455. The molecule has 4 heteroatoms. The summed E-state index contributed by atoms with van der Waals surface area (Å²) < 4.78 is 13.3. The van der Waals surface area contributed by atoms with Crippen molar-refractivity contribution >= 4 is 12.4 Å². The van der Waals surface area contributed by atoms with Gasteiger partial charge in [0.1, 0.15) is 5.82 Å². The predicted octanol–water partition coefficient (Wildman–Crippen LogP) is 4.61. The molecule has 0 bridgehead atoms. The highest BCUT2D eigenvalue weighted by atomic mass is 35.5. The average molecular weight is 375 g/mol. The van der Waals surface area contributed by atoms with Crippen molar-refractivity contribution in [3.05, 3.63) is 71.5 Å². The molecule has 2 aromatic rings. The summed E-state index contributed by atoms with van der Waals surface area (Å²) in [5.41, 5.74) is 2.56. The van der Waals surface area contributed by atoms with Crippen molar-refractivity contribution in [2.24, 2.45) is 5.92 Å². The van der Waals surface area contributed by atoms with E-state index in [0.717, 1.165) is 37.7 Å². The molecule has 0 amide bonds. The van der Waals surface area contributed by atoms with Crippen LogP contribution >= 0.6 is 12.4 Å². The summed E-state index contributed by atoms with van der Waals surface area (Å²) in [5.74, 6) is 1.36. The Kier molecular flexibility index (Phi) is 6.68. The quantitative estimate of drug-likeness (QED) is 0.794. The average Bonchev–Trinajstić information content (AvgIpc) is 3.42. The molecule has 0 aromatic heterocycles. The second-order valence-electron chi connectivity index (χ2n) is 7.62. The van der Waals surface area contributed by atoms with Crippen LogP contribution < -0.4 is 5.32 Å². The Morgan fingerprint density at radius 1 is 1.00 bits per heavy atom. The van der Waals surface area contributed by atoms with Crippen molar-refractivity contribution < 1.29 is 4.39 Å². The van der Waals surface area contributed by atoms with E-state index in [-0.39, 0.29) is 18.2 Å². The first kappa shape index (κ1) is 19.3. The van der Waals surface area contributed by atoms with Gasteiger partial charge in [-0.1, -0.05) is 42.5 Å². The van der Waals surface area contributed by atoms with Crippen LogP contribution in [0.25, 0.3) is 0 Å². The summed E-state index contributed by atoms with van der Waals surface area (Å²) in [4.78, 5) is 2.45. The number of piperidine rings is 1. The molecule has 26 heavy (non-hydrogen) atoms. The fourth-order valence-corrected chi connectivity index (χ4v) is 4.05. The second-order valence-corrected chi connectivity index (χ2v) is 7.62. The molecule has 4 rings (SSSR count). The number of benzene rings is 2. The third-order valence-electron chi connectivity index (χ3n) is 5.69. The van der Waals surface area contributed by atoms with Gasteiger partial charge in [-0.2, -0.15) is 0 Å². The highest BCUT2D eigenvalue weighted by molar-refractivity contribution is 5.85. The first-order valence-corrected chi connectivity index (χ1v) is 9.53. The molecule has 1 aliphatic heterocycles. The number of hydrogen-bond donors (Lipinski definition) is 1. The van der Waals surface area contributed by atoms with Crippen molar-refractivity contribution in [1.82, 2.24) is 10.2 Å². The van der Waals surface area contributed by atoms with Gasteiger partial charge in [0.05, 0.1) is 0 Å². The maximum absolute atomic E-state index is 13.3. The summed E-state index contributed by atoms with van der Waals surface area (Å²) in [7, 11) is 0. The SMILES string of the molecule is Cl.Fc1cccc(CN2CCC(CNC3CC3c3ccccc3)CC2)c1. The van der Waals surface area contributed by atoms with E-state index in [1.807, 2.05) is 6.07 Å². The van der Waals surface area contributed by atoms with E-state index in [2.05, 4.69) is 40.5 Å². The Morgan fingerprint density at radius 3 is 2.50 bits per heavy atom. The van der Waals surface area contributed by atoms with E-state index >= 15 is 0 Å². The number of nitrogens with zero attached hydrogens (tertiary/aromatic N) is 1. The smallest absolute Gasteiger partial charge is 0.123 e. The zero-order chi connectivity index (χ0) is 17.1. The number of halogens is 2. The monoisotopic (exact) mass is 374 g/mol. The minimum absolute atomic E-state index is 0. The lowest BCUT2D eigenvalue weighted by Crippen LogP contribution is -2.37. The van der Waals surface area contributed by atoms with Gasteiger partial charge in [-0.15, -0.1) is 12.4 Å². The Bertz CT molecular complexity index is 686. The molecule has 140 valence electrons. The first-order chi connectivity index (χ1) is 12.3. The van der Waals surface area contributed by atoms with Crippen LogP contribution in [0.4, 0.5) is 4.39 Å². The summed E-state index contributed by atoms with van der Waals surface area (Å²) in [5, 5.41) is 3.78. The summed E-state index contributed by atoms with van der Waals surface area (Å²) in [6, 6.07) is 18.5. The van der Waals surface area contributed by atoms with Crippen LogP contribution in [0.5, 0.6) is 0 Å². The van der Waals surface area contributed by atoms with Crippen LogP contribution in [0, 0.1) is 11.7 Å². The third kappa shape index (κ3) is 5.06. The highest BCUT2D eigenvalue weighted by Gasteiger charge is 2.38. The molecule has 2 nitrogen and oxygen atoms in total. The Hall–Kier alpha value is -1.42. The van der Waals surface area contributed by atoms with Gasteiger partial charge in [0.2, 0.25) is 0 Å². The predicted molar refractivity (Wildman–Crippen MR) is 107 cm³/mol. The zero-order valence-electron chi connectivity index (χ0n) is 15.1. The number of hydrogen-bond acceptors (Lipinski definition) is 2. The molecule has 1 saturated heterocycles. The van der Waals surface area contributed by atoms with Crippen molar-refractivity contribution in [3.8, 4) is 0 Å². The number of rotatable bonds is 6. The third-order valence-corrected chi connectivity index (χ3v) is 5.69. The normalized spacial score (nSPS) is 23.4. The van der Waals surface area contributed by atoms with Crippen molar-refractivity contribution in [1.29, 1.82) is 0 Å². The van der Waals surface area contributed by atoms with Gasteiger partial charge in [0.15, 0.2) is 0 Å². The lowest BCUT2D eigenvalue weighted by atomic mass is 9.96. The minimum Gasteiger partial charge on any atom is -0.313 e. The van der Waals surface area contributed by atoms with Crippen LogP contribution in [0.1, 0.15) is 36.3 Å². The fourth-order valence-electron chi connectivity index (χ4n) is 4.05. The Labute approximate surface area is 162 Å². The molecule has 1 heterocycles. The first-order valence-electron chi connectivity index (χ1n) is 9.53. The molecule has 0 radical (unpaired) electrons. The zero-order valence-corrected chi connectivity index (χ0v) is 15.9. The highest BCUT2D eigenvalue weighted by Crippen LogP contribution is 2.40. The van der Waals surface area contributed by atoms with E-state index < -0.39 is 0 Å². The van der Waals surface area contributed by atoms with E-state index in [4.69, 9.17) is 0 Å². The van der Waals surface area contributed by atoms with E-state index in [1.54, 1.807) is 12.1 Å². The van der Waals surface area contributed by atoms with Crippen molar-refractivity contribution in [3.63, 3.8) is 0 Å². The molecule has 0 spiro atoms. The molecule has 1 saturated carbocycles. The van der Waals surface area contributed by atoms with Crippen LogP contribution in [-0.2, 0) is 6.54 Å². The molecule has 2 fully saturated rings. The largest absolute Gasteiger partial charge is 0.313 e. The van der Waals surface area contributed by atoms with Gasteiger partial charge in [-0.25, -0.2) is 4.39 Å². The van der Waals surface area contributed by atoms with Crippen molar-refractivity contribution in [2.45, 2.75) is 37.8 Å². The van der Waals surface area contributed by atoms with Gasteiger partial charge < -0.3 is 5.32 Å². The van der Waals surface area contributed by atoms with Crippen LogP contribution in [0.15, 0.2) is 54.6 Å². The number of nitrogens with one attached hydrogen (secondary N) is 1. The molecule has 2 unspecified atom stereocenters. The van der Waals surface area contributed by atoms with Gasteiger partial charge in [-0.3, -0.25) is 4.90 Å². The molecule has 2 aliphatic rings. The van der Waals surface area contributed by atoms with E-state index in [9.17, 15) is 4.39 Å². The van der Waals surface area contributed by atoms with Crippen molar-refractivity contribution in [2.75, 3.05) is 19.6 Å². The van der Waals surface area contributed by atoms with Crippen LogP contribution in [0.2, 0.25) is 0 Å². The number of likely N-dealkylation sites (tertiary alicyclic amines) is 1. The molecule has 2 atom stereocenters. The van der Waals surface area contributed by atoms with Crippen LogP contribution in [-0.4, -0.2) is 30.6 Å². The van der Waals surface area contributed by atoms with E-state index in [0.29, 0.717) is 12.0 Å².